The van der Waals surface area contributed by atoms with Gasteiger partial charge in [0.2, 0.25) is 5.91 Å². The van der Waals surface area contributed by atoms with E-state index < -0.39 is 0 Å². The van der Waals surface area contributed by atoms with Gasteiger partial charge in [-0.25, -0.2) is 0 Å². The van der Waals surface area contributed by atoms with Crippen LogP contribution in [0.15, 0.2) is 16.8 Å². The number of thiophene rings is 1. The van der Waals surface area contributed by atoms with E-state index in [1.165, 1.54) is 0 Å². The zero-order valence-electron chi connectivity index (χ0n) is 10.2. The molecule has 0 aromatic carbocycles. The van der Waals surface area contributed by atoms with Crippen LogP contribution < -0.4 is 5.32 Å². The Labute approximate surface area is 113 Å². The molecule has 1 amide bonds. The standard InChI is InChI=1S/C12H18N2OS.ClH/c1-9-6-14(7-10(2)13-9)12(15)5-11-3-4-16-8-11;/h3-4,8-10,13H,5-7H2,1-2H3;1H. The molecule has 0 radical (unpaired) electrons. The molecule has 0 spiro atoms. The minimum absolute atomic E-state index is 0. The van der Waals surface area contributed by atoms with Crippen LogP contribution in [0.4, 0.5) is 0 Å². The molecule has 1 aliphatic rings. The third kappa shape index (κ3) is 3.98. The first-order chi connectivity index (χ1) is 7.65. The van der Waals surface area contributed by atoms with E-state index in [0.29, 0.717) is 18.5 Å². The molecule has 1 aliphatic heterocycles. The second-order valence-corrected chi connectivity index (χ2v) is 5.36. The summed E-state index contributed by atoms with van der Waals surface area (Å²) >= 11 is 1.65. The zero-order chi connectivity index (χ0) is 11.5. The molecular formula is C12H19ClN2OS. The lowest BCUT2D eigenvalue weighted by Gasteiger charge is -2.36. The van der Waals surface area contributed by atoms with Gasteiger partial charge < -0.3 is 10.2 Å². The lowest BCUT2D eigenvalue weighted by Crippen LogP contribution is -2.56. The maximum atomic E-state index is 12.1. The Hall–Kier alpha value is -0.580. The number of hydrogen-bond donors (Lipinski definition) is 1. The van der Waals surface area contributed by atoms with E-state index >= 15 is 0 Å². The van der Waals surface area contributed by atoms with Crippen LogP contribution in [-0.4, -0.2) is 36.0 Å². The molecule has 1 fully saturated rings. The number of piperazine rings is 1. The van der Waals surface area contributed by atoms with Crippen molar-refractivity contribution in [3.63, 3.8) is 0 Å². The predicted molar refractivity (Wildman–Crippen MR) is 73.9 cm³/mol. The maximum Gasteiger partial charge on any atom is 0.227 e. The molecule has 0 bridgehead atoms. The predicted octanol–water partition coefficient (Wildman–Crippen LogP) is 1.92. The second-order valence-electron chi connectivity index (χ2n) is 4.58. The molecule has 5 heteroatoms. The Kier molecular flexibility index (Phi) is 5.43. The van der Waals surface area contributed by atoms with Crippen molar-refractivity contribution >= 4 is 29.7 Å². The van der Waals surface area contributed by atoms with E-state index in [0.717, 1.165) is 18.7 Å². The van der Waals surface area contributed by atoms with Gasteiger partial charge in [0.05, 0.1) is 6.42 Å². The number of hydrogen-bond acceptors (Lipinski definition) is 3. The smallest absolute Gasteiger partial charge is 0.227 e. The Bertz CT molecular complexity index is 345. The number of nitrogens with zero attached hydrogens (tertiary/aromatic N) is 1. The normalized spacial score (nSPS) is 24.2. The highest BCUT2D eigenvalue weighted by Crippen LogP contribution is 2.11. The molecule has 1 N–H and O–H groups in total. The van der Waals surface area contributed by atoms with E-state index in [9.17, 15) is 4.79 Å². The molecule has 0 aliphatic carbocycles. The molecule has 2 unspecified atom stereocenters. The maximum absolute atomic E-state index is 12.1. The molecule has 17 heavy (non-hydrogen) atoms. The van der Waals surface area contributed by atoms with Gasteiger partial charge in [-0.2, -0.15) is 11.3 Å². The number of rotatable bonds is 2. The van der Waals surface area contributed by atoms with E-state index in [4.69, 9.17) is 0 Å². The number of carbonyl (C=O) groups is 1. The zero-order valence-corrected chi connectivity index (χ0v) is 11.8. The first kappa shape index (κ1) is 14.5. The Morgan fingerprint density at radius 1 is 1.47 bits per heavy atom. The van der Waals surface area contributed by atoms with Crippen molar-refractivity contribution in [2.75, 3.05) is 13.1 Å². The van der Waals surface area contributed by atoms with Crippen molar-refractivity contribution in [3.8, 4) is 0 Å². The third-order valence-corrected chi connectivity index (χ3v) is 3.58. The average Bonchev–Trinajstić information content (AvgIpc) is 2.68. The van der Waals surface area contributed by atoms with Crippen LogP contribution in [-0.2, 0) is 11.2 Å². The van der Waals surface area contributed by atoms with Gasteiger partial charge in [-0.05, 0) is 36.2 Å². The summed E-state index contributed by atoms with van der Waals surface area (Å²) in [6.45, 7) is 5.90. The fraction of sp³-hybridized carbons (Fsp3) is 0.583. The first-order valence-corrected chi connectivity index (χ1v) is 6.64. The van der Waals surface area contributed by atoms with Gasteiger partial charge in [-0.3, -0.25) is 4.79 Å². The Morgan fingerprint density at radius 3 is 2.65 bits per heavy atom. The minimum atomic E-state index is 0. The quantitative estimate of drug-likeness (QED) is 0.894. The van der Waals surface area contributed by atoms with Crippen molar-refractivity contribution in [1.29, 1.82) is 0 Å². The minimum Gasteiger partial charge on any atom is -0.339 e. The summed E-state index contributed by atoms with van der Waals surface area (Å²) in [5.74, 6) is 0.249. The topological polar surface area (TPSA) is 32.3 Å². The molecule has 2 atom stereocenters. The summed E-state index contributed by atoms with van der Waals surface area (Å²) in [4.78, 5) is 14.0. The second kappa shape index (κ2) is 6.38. The van der Waals surface area contributed by atoms with Crippen molar-refractivity contribution in [2.45, 2.75) is 32.4 Å². The van der Waals surface area contributed by atoms with Crippen LogP contribution in [0.5, 0.6) is 0 Å². The van der Waals surface area contributed by atoms with Crippen LogP contribution in [0.25, 0.3) is 0 Å². The molecule has 96 valence electrons. The molecule has 2 rings (SSSR count). The summed E-state index contributed by atoms with van der Waals surface area (Å²) < 4.78 is 0. The lowest BCUT2D eigenvalue weighted by molar-refractivity contribution is -0.132. The van der Waals surface area contributed by atoms with Crippen LogP contribution in [0.1, 0.15) is 19.4 Å². The van der Waals surface area contributed by atoms with Gasteiger partial charge in [0.25, 0.3) is 0 Å². The first-order valence-electron chi connectivity index (χ1n) is 5.70. The Morgan fingerprint density at radius 2 is 2.12 bits per heavy atom. The molecule has 1 aromatic rings. The molecule has 2 heterocycles. The molecule has 1 aromatic heterocycles. The fourth-order valence-corrected chi connectivity index (χ4v) is 2.88. The van der Waals surface area contributed by atoms with Gasteiger partial charge in [0.15, 0.2) is 0 Å². The summed E-state index contributed by atoms with van der Waals surface area (Å²) in [6.07, 6.45) is 0.545. The van der Waals surface area contributed by atoms with Gasteiger partial charge >= 0.3 is 0 Å². The number of nitrogens with one attached hydrogen (secondary N) is 1. The van der Waals surface area contributed by atoms with Gasteiger partial charge in [-0.15, -0.1) is 12.4 Å². The average molecular weight is 275 g/mol. The number of halogens is 1. The van der Waals surface area contributed by atoms with Gasteiger partial charge in [0, 0.05) is 25.2 Å². The van der Waals surface area contributed by atoms with Gasteiger partial charge in [-0.1, -0.05) is 0 Å². The summed E-state index contributed by atoms with van der Waals surface area (Å²) in [5, 5.41) is 7.50. The highest BCUT2D eigenvalue weighted by atomic mass is 35.5. The summed E-state index contributed by atoms with van der Waals surface area (Å²) in [7, 11) is 0. The molecular weight excluding hydrogens is 256 g/mol. The molecule has 0 saturated carbocycles. The van der Waals surface area contributed by atoms with Crippen LogP contribution in [0.2, 0.25) is 0 Å². The summed E-state index contributed by atoms with van der Waals surface area (Å²) in [6, 6.07) is 2.82. The van der Waals surface area contributed by atoms with Crippen molar-refractivity contribution in [3.05, 3.63) is 22.4 Å². The fourth-order valence-electron chi connectivity index (χ4n) is 2.21. The number of amides is 1. The number of carbonyl (C=O) groups excluding carboxylic acids is 1. The Balaban J connectivity index is 0.00000144. The van der Waals surface area contributed by atoms with E-state index in [-0.39, 0.29) is 18.3 Å². The third-order valence-electron chi connectivity index (χ3n) is 2.85. The largest absolute Gasteiger partial charge is 0.339 e. The SMILES string of the molecule is CC1CN(C(=O)Cc2ccsc2)CC(C)N1.Cl. The van der Waals surface area contributed by atoms with Crippen molar-refractivity contribution in [1.82, 2.24) is 10.2 Å². The molecule has 1 saturated heterocycles. The van der Waals surface area contributed by atoms with E-state index in [1.54, 1.807) is 11.3 Å². The van der Waals surface area contributed by atoms with E-state index in [1.807, 2.05) is 21.7 Å². The van der Waals surface area contributed by atoms with E-state index in [2.05, 4.69) is 19.2 Å². The van der Waals surface area contributed by atoms with Crippen molar-refractivity contribution in [2.24, 2.45) is 0 Å². The molecule has 3 nitrogen and oxygen atoms in total. The van der Waals surface area contributed by atoms with Crippen LogP contribution >= 0.6 is 23.7 Å². The van der Waals surface area contributed by atoms with Crippen LogP contribution in [0.3, 0.4) is 0 Å². The van der Waals surface area contributed by atoms with Gasteiger partial charge in [0.1, 0.15) is 0 Å². The monoisotopic (exact) mass is 274 g/mol. The highest BCUT2D eigenvalue weighted by molar-refractivity contribution is 7.07. The highest BCUT2D eigenvalue weighted by Gasteiger charge is 2.24. The van der Waals surface area contributed by atoms with Crippen LogP contribution in [0, 0.1) is 0 Å². The summed E-state index contributed by atoms with van der Waals surface area (Å²) in [5.41, 5.74) is 1.13. The van der Waals surface area contributed by atoms with Crippen molar-refractivity contribution < 1.29 is 4.79 Å². The lowest BCUT2D eigenvalue weighted by atomic mass is 10.1.